The third-order valence-corrected chi connectivity index (χ3v) is 1.55. The van der Waals surface area contributed by atoms with Gasteiger partial charge in [0.05, 0.1) is 6.20 Å². The molecule has 0 radical (unpaired) electrons. The number of carboxylic acid groups (broad SMARTS) is 1. The molecule has 5 heteroatoms. The summed E-state index contributed by atoms with van der Waals surface area (Å²) in [5.74, 6) is -1.25. The van der Waals surface area contributed by atoms with Crippen LogP contribution in [-0.2, 0) is 4.79 Å². The highest BCUT2D eigenvalue weighted by Gasteiger charge is 2.21. The van der Waals surface area contributed by atoms with Crippen LogP contribution in [0.25, 0.3) is 0 Å². The van der Waals surface area contributed by atoms with Crippen molar-refractivity contribution in [2.75, 3.05) is 6.54 Å². The van der Waals surface area contributed by atoms with E-state index in [-0.39, 0.29) is 0 Å². The van der Waals surface area contributed by atoms with Gasteiger partial charge in [0.2, 0.25) is 0 Å². The van der Waals surface area contributed by atoms with Crippen LogP contribution in [0.5, 0.6) is 0 Å². The number of aliphatic carboxylic acids is 1. The van der Waals surface area contributed by atoms with E-state index in [1.807, 2.05) is 0 Å². The molecule has 1 aromatic heterocycles. The van der Waals surface area contributed by atoms with Crippen LogP contribution < -0.4 is 5.73 Å². The van der Waals surface area contributed by atoms with Gasteiger partial charge in [-0.25, -0.2) is 4.98 Å². The van der Waals surface area contributed by atoms with Crippen molar-refractivity contribution in [1.82, 2.24) is 4.98 Å². The molecular weight excluding hydrogens is 160 g/mol. The average Bonchev–Trinajstić information content (AvgIpc) is 2.51. The molecule has 0 aliphatic carbocycles. The largest absolute Gasteiger partial charge is 0.481 e. The minimum atomic E-state index is -0.933. The van der Waals surface area contributed by atoms with Gasteiger partial charge < -0.3 is 15.3 Å². The predicted molar refractivity (Wildman–Crippen MR) is 40.6 cm³/mol. The molecule has 0 aromatic carbocycles. The lowest BCUT2D eigenvalue weighted by Crippen LogP contribution is -2.15. The van der Waals surface area contributed by atoms with Crippen molar-refractivity contribution in [3.05, 3.63) is 18.4 Å². The van der Waals surface area contributed by atoms with Gasteiger partial charge in [-0.3, -0.25) is 4.79 Å². The highest BCUT2D eigenvalue weighted by Crippen LogP contribution is 2.18. The lowest BCUT2D eigenvalue weighted by atomic mass is 10.0. The number of rotatable bonds is 4. The third-order valence-electron chi connectivity index (χ3n) is 1.55. The molecule has 0 spiro atoms. The average molecular weight is 170 g/mol. The number of nitrogens with zero attached hydrogens (tertiary/aromatic N) is 1. The Morgan fingerprint density at radius 2 is 2.58 bits per heavy atom. The van der Waals surface area contributed by atoms with Gasteiger partial charge in [-0.2, -0.15) is 0 Å². The Bertz CT molecular complexity index is 245. The zero-order valence-corrected chi connectivity index (χ0v) is 6.43. The molecule has 1 unspecified atom stereocenters. The molecule has 0 aliphatic rings. The van der Waals surface area contributed by atoms with E-state index in [1.54, 1.807) is 0 Å². The number of hydrogen-bond donors (Lipinski definition) is 2. The van der Waals surface area contributed by atoms with Gasteiger partial charge >= 0.3 is 5.97 Å². The first-order valence-electron chi connectivity index (χ1n) is 3.57. The molecule has 1 rings (SSSR count). The standard InChI is InChI=1S/C7H10N2O3/c8-2-1-5(7(10)11)6-3-9-4-12-6/h3-5H,1-2,8H2,(H,10,11). The Morgan fingerprint density at radius 3 is 3.00 bits per heavy atom. The minimum Gasteiger partial charge on any atom is -0.481 e. The molecule has 1 atom stereocenters. The summed E-state index contributed by atoms with van der Waals surface area (Å²) in [5, 5.41) is 8.73. The zero-order valence-electron chi connectivity index (χ0n) is 6.43. The first-order chi connectivity index (χ1) is 5.75. The van der Waals surface area contributed by atoms with Crippen LogP contribution in [0.3, 0.4) is 0 Å². The molecule has 5 nitrogen and oxygen atoms in total. The Kier molecular flexibility index (Phi) is 2.82. The molecule has 1 heterocycles. The maximum Gasteiger partial charge on any atom is 0.314 e. The lowest BCUT2D eigenvalue weighted by Gasteiger charge is -2.05. The molecule has 0 saturated carbocycles. The first-order valence-corrected chi connectivity index (χ1v) is 3.57. The van der Waals surface area contributed by atoms with Gasteiger partial charge in [0, 0.05) is 0 Å². The highest BCUT2D eigenvalue weighted by molar-refractivity contribution is 5.74. The molecule has 3 N–H and O–H groups in total. The first kappa shape index (κ1) is 8.73. The number of oxazole rings is 1. The topological polar surface area (TPSA) is 89.4 Å². The van der Waals surface area contributed by atoms with E-state index in [4.69, 9.17) is 15.3 Å². The van der Waals surface area contributed by atoms with Crippen molar-refractivity contribution in [3.8, 4) is 0 Å². The summed E-state index contributed by atoms with van der Waals surface area (Å²) >= 11 is 0. The summed E-state index contributed by atoms with van der Waals surface area (Å²) in [5.41, 5.74) is 5.25. The number of carboxylic acids is 1. The number of hydrogen-bond acceptors (Lipinski definition) is 4. The molecule has 12 heavy (non-hydrogen) atoms. The fourth-order valence-electron chi connectivity index (χ4n) is 0.952. The van der Waals surface area contributed by atoms with Gasteiger partial charge in [-0.15, -0.1) is 0 Å². The Hall–Kier alpha value is -1.36. The van der Waals surface area contributed by atoms with Crippen LogP contribution in [0.15, 0.2) is 17.0 Å². The molecule has 0 amide bonds. The van der Waals surface area contributed by atoms with Crippen molar-refractivity contribution in [2.45, 2.75) is 12.3 Å². The van der Waals surface area contributed by atoms with Gasteiger partial charge in [0.1, 0.15) is 11.7 Å². The van der Waals surface area contributed by atoms with Crippen molar-refractivity contribution < 1.29 is 14.3 Å². The quantitative estimate of drug-likeness (QED) is 0.673. The number of carbonyl (C=O) groups is 1. The second kappa shape index (κ2) is 3.87. The molecule has 0 bridgehead atoms. The van der Waals surface area contributed by atoms with Crippen LogP contribution in [0.2, 0.25) is 0 Å². The van der Waals surface area contributed by atoms with Crippen LogP contribution in [-0.4, -0.2) is 22.6 Å². The van der Waals surface area contributed by atoms with Crippen molar-refractivity contribution >= 4 is 5.97 Å². The van der Waals surface area contributed by atoms with E-state index in [9.17, 15) is 4.79 Å². The number of aromatic nitrogens is 1. The van der Waals surface area contributed by atoms with E-state index in [1.165, 1.54) is 12.6 Å². The Balaban J connectivity index is 2.73. The zero-order chi connectivity index (χ0) is 8.97. The third kappa shape index (κ3) is 1.82. The second-order valence-electron chi connectivity index (χ2n) is 2.37. The minimum absolute atomic E-state index is 0.317. The summed E-state index contributed by atoms with van der Waals surface area (Å²) in [6.07, 6.45) is 2.97. The van der Waals surface area contributed by atoms with E-state index in [0.29, 0.717) is 18.7 Å². The van der Waals surface area contributed by atoms with Gasteiger partial charge in [-0.05, 0) is 13.0 Å². The molecule has 0 saturated heterocycles. The summed E-state index contributed by atoms with van der Waals surface area (Å²) in [6.45, 7) is 0.317. The van der Waals surface area contributed by atoms with Crippen molar-refractivity contribution in [3.63, 3.8) is 0 Å². The lowest BCUT2D eigenvalue weighted by molar-refractivity contribution is -0.139. The monoisotopic (exact) mass is 170 g/mol. The molecule has 0 fully saturated rings. The SMILES string of the molecule is NCCC(C(=O)O)c1cnco1. The van der Waals surface area contributed by atoms with E-state index < -0.39 is 11.9 Å². The molecule has 66 valence electrons. The van der Waals surface area contributed by atoms with E-state index in [0.717, 1.165) is 0 Å². The smallest absolute Gasteiger partial charge is 0.314 e. The summed E-state index contributed by atoms with van der Waals surface area (Å²) in [7, 11) is 0. The summed E-state index contributed by atoms with van der Waals surface area (Å²) in [6, 6.07) is 0. The Morgan fingerprint density at radius 1 is 1.83 bits per heavy atom. The Labute approximate surface area is 69.2 Å². The van der Waals surface area contributed by atoms with Crippen LogP contribution in [0, 0.1) is 0 Å². The fourth-order valence-corrected chi connectivity index (χ4v) is 0.952. The van der Waals surface area contributed by atoms with Gasteiger partial charge in [-0.1, -0.05) is 0 Å². The highest BCUT2D eigenvalue weighted by atomic mass is 16.4. The van der Waals surface area contributed by atoms with Gasteiger partial charge in [0.15, 0.2) is 6.39 Å². The second-order valence-corrected chi connectivity index (χ2v) is 2.37. The normalized spacial score (nSPS) is 12.8. The molecule has 0 aliphatic heterocycles. The fraction of sp³-hybridized carbons (Fsp3) is 0.429. The maximum absolute atomic E-state index is 10.6. The summed E-state index contributed by atoms with van der Waals surface area (Å²) in [4.78, 5) is 14.3. The molecular formula is C7H10N2O3. The molecule has 1 aromatic rings. The van der Waals surface area contributed by atoms with Crippen LogP contribution in [0.4, 0.5) is 0 Å². The maximum atomic E-state index is 10.6. The van der Waals surface area contributed by atoms with Gasteiger partial charge in [0.25, 0.3) is 0 Å². The predicted octanol–water partition coefficient (Wildman–Crippen LogP) is 0.192. The van der Waals surface area contributed by atoms with Crippen LogP contribution in [0.1, 0.15) is 18.1 Å². The van der Waals surface area contributed by atoms with Crippen LogP contribution >= 0.6 is 0 Å². The number of nitrogens with two attached hydrogens (primary N) is 1. The van der Waals surface area contributed by atoms with E-state index in [2.05, 4.69) is 4.98 Å². The van der Waals surface area contributed by atoms with Crippen molar-refractivity contribution in [2.24, 2.45) is 5.73 Å². The summed E-state index contributed by atoms with van der Waals surface area (Å²) < 4.78 is 4.86. The van der Waals surface area contributed by atoms with Crippen molar-refractivity contribution in [1.29, 1.82) is 0 Å². The van der Waals surface area contributed by atoms with E-state index >= 15 is 0 Å².